The minimum absolute atomic E-state index is 0.267. The van der Waals surface area contributed by atoms with E-state index in [4.69, 9.17) is 4.74 Å². The van der Waals surface area contributed by atoms with Crippen LogP contribution < -0.4 is 0 Å². The molecule has 0 bridgehead atoms. The summed E-state index contributed by atoms with van der Waals surface area (Å²) < 4.78 is 8.56. The third-order valence-corrected chi connectivity index (χ3v) is 7.54. The number of benzene rings is 4. The first-order chi connectivity index (χ1) is 15.6. The fourth-order valence-electron chi connectivity index (χ4n) is 3.95. The number of ether oxygens (including phenoxy) is 1. The number of hydrogen-bond donors (Lipinski definition) is 0. The molecule has 4 heteroatoms. The van der Waals surface area contributed by atoms with Gasteiger partial charge in [0.1, 0.15) is 0 Å². The van der Waals surface area contributed by atoms with Crippen LogP contribution in [0.4, 0.5) is 0 Å². The van der Waals surface area contributed by atoms with E-state index in [0.29, 0.717) is 13.2 Å². The van der Waals surface area contributed by atoms with Crippen LogP contribution in [0.25, 0.3) is 10.8 Å². The maximum atomic E-state index is 6.29. The van der Waals surface area contributed by atoms with Crippen LogP contribution in [-0.4, -0.2) is 24.6 Å². The van der Waals surface area contributed by atoms with Crippen molar-refractivity contribution in [1.29, 1.82) is 0 Å². The van der Waals surface area contributed by atoms with Crippen molar-refractivity contribution in [2.45, 2.75) is 25.6 Å². The lowest BCUT2D eigenvalue weighted by Crippen LogP contribution is -2.37. The van der Waals surface area contributed by atoms with Crippen LogP contribution in [0.15, 0.2) is 99.9 Å². The van der Waals surface area contributed by atoms with Gasteiger partial charge in [0, 0.05) is 21.5 Å². The molecule has 0 N–H and O–H groups in total. The first-order valence-electron chi connectivity index (χ1n) is 10.8. The van der Waals surface area contributed by atoms with E-state index < -0.39 is 0 Å². The van der Waals surface area contributed by atoms with Crippen molar-refractivity contribution in [3.63, 3.8) is 0 Å². The third kappa shape index (κ3) is 5.87. The maximum absolute atomic E-state index is 6.29. The highest BCUT2D eigenvalue weighted by atomic mass is 79.9. The molecular formula is C28H27Br2NO. The van der Waals surface area contributed by atoms with Crippen LogP contribution >= 0.6 is 31.9 Å². The minimum atomic E-state index is 0.267. The lowest BCUT2D eigenvalue weighted by Gasteiger charge is -2.29. The summed E-state index contributed by atoms with van der Waals surface area (Å²) in [4.78, 5) is 2.39. The smallest absolute Gasteiger partial charge is 0.0728 e. The highest BCUT2D eigenvalue weighted by Crippen LogP contribution is 2.28. The molecule has 0 spiro atoms. The zero-order valence-corrected chi connectivity index (χ0v) is 21.3. The molecule has 32 heavy (non-hydrogen) atoms. The molecule has 0 fully saturated rings. The molecule has 1 unspecified atom stereocenters. The number of fused-ring (bicyclic) bond motifs is 1. The molecule has 1 atom stereocenters. The van der Waals surface area contributed by atoms with Gasteiger partial charge in [0.15, 0.2) is 0 Å². The van der Waals surface area contributed by atoms with Gasteiger partial charge in [0.05, 0.1) is 13.2 Å². The lowest BCUT2D eigenvalue weighted by atomic mass is 10.0. The van der Waals surface area contributed by atoms with Gasteiger partial charge in [-0.1, -0.05) is 101 Å². The molecule has 0 aliphatic carbocycles. The molecule has 0 saturated carbocycles. The predicted molar refractivity (Wildman–Crippen MR) is 141 cm³/mol. The highest BCUT2D eigenvalue weighted by Gasteiger charge is 2.18. The highest BCUT2D eigenvalue weighted by molar-refractivity contribution is 9.11. The summed E-state index contributed by atoms with van der Waals surface area (Å²) in [6.45, 7) is 2.11. The van der Waals surface area contributed by atoms with Gasteiger partial charge in [-0.05, 0) is 62.9 Å². The van der Waals surface area contributed by atoms with Crippen molar-refractivity contribution in [3.8, 4) is 0 Å². The summed E-state index contributed by atoms with van der Waals surface area (Å²) in [5.74, 6) is 0. The van der Waals surface area contributed by atoms with Gasteiger partial charge in [-0.2, -0.15) is 0 Å². The van der Waals surface area contributed by atoms with Gasteiger partial charge in [0.25, 0.3) is 0 Å². The molecule has 4 rings (SSSR count). The Hall–Kier alpha value is -1.98. The van der Waals surface area contributed by atoms with Crippen molar-refractivity contribution < 1.29 is 4.74 Å². The van der Waals surface area contributed by atoms with Crippen LogP contribution in [0.3, 0.4) is 0 Å². The summed E-state index contributed by atoms with van der Waals surface area (Å²) in [5, 5.41) is 2.46. The zero-order chi connectivity index (χ0) is 22.3. The number of halogens is 2. The van der Waals surface area contributed by atoms with Gasteiger partial charge in [-0.25, -0.2) is 0 Å². The second kappa shape index (κ2) is 11.2. The Morgan fingerprint density at radius 1 is 0.781 bits per heavy atom. The molecule has 0 radical (unpaired) electrons. The SMILES string of the molecule is CN(Cc1ccccc1Br)C(COCc1ccc2ccccc2c1Br)Cc1ccccc1. The van der Waals surface area contributed by atoms with Crippen LogP contribution in [-0.2, 0) is 24.3 Å². The molecule has 164 valence electrons. The van der Waals surface area contributed by atoms with Crippen molar-refractivity contribution in [2.24, 2.45) is 0 Å². The van der Waals surface area contributed by atoms with Crippen molar-refractivity contribution in [3.05, 3.63) is 117 Å². The summed E-state index contributed by atoms with van der Waals surface area (Å²) in [5.41, 5.74) is 3.79. The Bertz CT molecular complexity index is 1160. The lowest BCUT2D eigenvalue weighted by molar-refractivity contribution is 0.0571. The van der Waals surface area contributed by atoms with Gasteiger partial charge in [0.2, 0.25) is 0 Å². The predicted octanol–water partition coefficient (Wildman–Crippen LogP) is 7.62. The quantitative estimate of drug-likeness (QED) is 0.212. The van der Waals surface area contributed by atoms with Gasteiger partial charge in [-0.3, -0.25) is 4.90 Å². The third-order valence-electron chi connectivity index (χ3n) is 5.83. The van der Waals surface area contributed by atoms with E-state index in [1.165, 1.54) is 27.5 Å². The van der Waals surface area contributed by atoms with Gasteiger partial charge < -0.3 is 4.74 Å². The van der Waals surface area contributed by atoms with Crippen LogP contribution in [0.1, 0.15) is 16.7 Å². The Morgan fingerprint density at radius 3 is 2.31 bits per heavy atom. The molecule has 0 amide bonds. The van der Waals surface area contributed by atoms with E-state index in [1.807, 2.05) is 0 Å². The Balaban J connectivity index is 1.46. The van der Waals surface area contributed by atoms with Gasteiger partial charge in [-0.15, -0.1) is 0 Å². The minimum Gasteiger partial charge on any atom is -0.375 e. The molecule has 0 aromatic heterocycles. The molecule has 2 nitrogen and oxygen atoms in total. The summed E-state index contributed by atoms with van der Waals surface area (Å²) in [7, 11) is 2.18. The topological polar surface area (TPSA) is 12.5 Å². The first-order valence-corrected chi connectivity index (χ1v) is 12.4. The second-order valence-electron chi connectivity index (χ2n) is 8.13. The van der Waals surface area contributed by atoms with Gasteiger partial charge >= 0.3 is 0 Å². The molecular weight excluding hydrogens is 526 g/mol. The summed E-state index contributed by atoms with van der Waals surface area (Å²) in [6.07, 6.45) is 0.945. The summed E-state index contributed by atoms with van der Waals surface area (Å²) in [6, 6.07) is 32.1. The number of nitrogens with zero attached hydrogens (tertiary/aromatic N) is 1. The number of rotatable bonds is 9. The molecule has 0 aliphatic rings. The summed E-state index contributed by atoms with van der Waals surface area (Å²) >= 11 is 7.48. The Morgan fingerprint density at radius 2 is 1.50 bits per heavy atom. The Labute approximate surface area is 207 Å². The number of likely N-dealkylation sites (N-methyl/N-ethyl adjacent to an activating group) is 1. The van der Waals surface area contributed by atoms with Crippen LogP contribution in [0.2, 0.25) is 0 Å². The van der Waals surface area contributed by atoms with E-state index in [2.05, 4.69) is 135 Å². The Kier molecular flexibility index (Phi) is 8.15. The standard InChI is InChI=1S/C28H27Br2NO/c1-31(18-23-12-6-8-14-27(23)29)25(17-21-9-3-2-4-10-21)20-32-19-24-16-15-22-11-5-7-13-26(22)28(24)30/h2-16,25H,17-20H2,1H3. The molecule has 4 aromatic carbocycles. The second-order valence-corrected chi connectivity index (χ2v) is 9.77. The maximum Gasteiger partial charge on any atom is 0.0728 e. The largest absolute Gasteiger partial charge is 0.375 e. The molecule has 4 aromatic rings. The van der Waals surface area contributed by atoms with E-state index >= 15 is 0 Å². The molecule has 0 aliphatic heterocycles. The van der Waals surface area contributed by atoms with Crippen molar-refractivity contribution >= 4 is 42.6 Å². The molecule has 0 saturated heterocycles. The zero-order valence-electron chi connectivity index (χ0n) is 18.2. The van der Waals surface area contributed by atoms with E-state index in [1.54, 1.807) is 0 Å². The molecule has 0 heterocycles. The van der Waals surface area contributed by atoms with E-state index in [0.717, 1.165) is 21.9 Å². The number of hydrogen-bond acceptors (Lipinski definition) is 2. The van der Waals surface area contributed by atoms with Crippen LogP contribution in [0.5, 0.6) is 0 Å². The van der Waals surface area contributed by atoms with Crippen LogP contribution in [0, 0.1) is 0 Å². The van der Waals surface area contributed by atoms with Crippen molar-refractivity contribution in [2.75, 3.05) is 13.7 Å². The van der Waals surface area contributed by atoms with E-state index in [9.17, 15) is 0 Å². The fourth-order valence-corrected chi connectivity index (χ4v) is 4.97. The fraction of sp³-hybridized carbons (Fsp3) is 0.214. The average molecular weight is 553 g/mol. The van der Waals surface area contributed by atoms with E-state index in [-0.39, 0.29) is 6.04 Å². The first kappa shape index (κ1) is 23.2. The van der Waals surface area contributed by atoms with Crippen molar-refractivity contribution in [1.82, 2.24) is 4.90 Å². The normalized spacial score (nSPS) is 12.4. The average Bonchev–Trinajstić information content (AvgIpc) is 2.82. The monoisotopic (exact) mass is 551 g/mol.